The molecular formula is C20H25FO2. The summed E-state index contributed by atoms with van der Waals surface area (Å²) in [6.07, 6.45) is 0.886. The molecule has 0 aliphatic carbocycles. The lowest BCUT2D eigenvalue weighted by Crippen LogP contribution is -2.13. The van der Waals surface area contributed by atoms with Crippen molar-refractivity contribution in [2.24, 2.45) is 5.41 Å². The van der Waals surface area contributed by atoms with Crippen LogP contribution in [0.5, 0.6) is 5.75 Å². The van der Waals surface area contributed by atoms with Crippen LogP contribution in [0.4, 0.5) is 4.39 Å². The highest BCUT2D eigenvalue weighted by atomic mass is 19.1. The molecule has 0 radical (unpaired) electrons. The molecule has 0 bridgehead atoms. The quantitative estimate of drug-likeness (QED) is 0.712. The molecule has 0 aliphatic heterocycles. The number of methoxy groups -OCH3 is 2. The third-order valence-electron chi connectivity index (χ3n) is 3.83. The predicted molar refractivity (Wildman–Crippen MR) is 92.2 cm³/mol. The van der Waals surface area contributed by atoms with Crippen LogP contribution in [-0.4, -0.2) is 14.2 Å². The Labute approximate surface area is 138 Å². The lowest BCUT2D eigenvalue weighted by Gasteiger charge is -2.25. The van der Waals surface area contributed by atoms with E-state index >= 15 is 0 Å². The smallest absolute Gasteiger partial charge is 0.131 e. The van der Waals surface area contributed by atoms with Crippen LogP contribution in [0.2, 0.25) is 0 Å². The standard InChI is InChI=1S/C20H25FO2/c1-20(2,3)13-19(23-5)15-8-6-7-14(11-15)17-12-16(22-4)9-10-18(17)21/h6-12,19H,13H2,1-5H3. The largest absolute Gasteiger partial charge is 0.497 e. The molecule has 2 nitrogen and oxygen atoms in total. The fourth-order valence-corrected chi connectivity index (χ4v) is 2.65. The summed E-state index contributed by atoms with van der Waals surface area (Å²) in [5.74, 6) is 0.387. The van der Waals surface area contributed by atoms with Crippen LogP contribution in [0.1, 0.15) is 38.9 Å². The van der Waals surface area contributed by atoms with Gasteiger partial charge in [-0.3, -0.25) is 0 Å². The van der Waals surface area contributed by atoms with Gasteiger partial charge in [-0.2, -0.15) is 0 Å². The van der Waals surface area contributed by atoms with E-state index in [-0.39, 0.29) is 17.3 Å². The van der Waals surface area contributed by atoms with Gasteiger partial charge in [0, 0.05) is 12.7 Å². The van der Waals surface area contributed by atoms with Gasteiger partial charge in [0.2, 0.25) is 0 Å². The molecule has 0 N–H and O–H groups in total. The van der Waals surface area contributed by atoms with E-state index in [1.54, 1.807) is 26.4 Å². The van der Waals surface area contributed by atoms with E-state index < -0.39 is 0 Å². The lowest BCUT2D eigenvalue weighted by molar-refractivity contribution is 0.0659. The molecule has 1 unspecified atom stereocenters. The summed E-state index contributed by atoms with van der Waals surface area (Å²) in [7, 11) is 3.30. The highest BCUT2D eigenvalue weighted by Gasteiger charge is 2.20. The van der Waals surface area contributed by atoms with Crippen molar-refractivity contribution >= 4 is 0 Å². The SMILES string of the molecule is COc1ccc(F)c(-c2cccc(C(CC(C)(C)C)OC)c2)c1. The maximum absolute atomic E-state index is 14.2. The van der Waals surface area contributed by atoms with Crippen molar-refractivity contribution in [1.82, 2.24) is 0 Å². The molecule has 2 aromatic rings. The van der Waals surface area contributed by atoms with Crippen molar-refractivity contribution in [3.63, 3.8) is 0 Å². The van der Waals surface area contributed by atoms with E-state index in [1.165, 1.54) is 6.07 Å². The molecule has 3 heteroatoms. The second-order valence-electron chi connectivity index (χ2n) is 6.96. The predicted octanol–water partition coefficient (Wildman–Crippen LogP) is 5.63. The van der Waals surface area contributed by atoms with Crippen LogP contribution in [0.15, 0.2) is 42.5 Å². The lowest BCUT2D eigenvalue weighted by atomic mass is 9.86. The minimum Gasteiger partial charge on any atom is -0.497 e. The summed E-state index contributed by atoms with van der Waals surface area (Å²) < 4.78 is 25.1. The number of rotatable bonds is 5. The number of halogens is 1. The molecular weight excluding hydrogens is 291 g/mol. The first-order valence-corrected chi connectivity index (χ1v) is 7.81. The zero-order valence-corrected chi connectivity index (χ0v) is 14.5. The zero-order valence-electron chi connectivity index (χ0n) is 14.5. The Morgan fingerprint density at radius 1 is 1.04 bits per heavy atom. The minimum atomic E-state index is -0.257. The first-order chi connectivity index (χ1) is 10.8. The van der Waals surface area contributed by atoms with Gasteiger partial charge in [0.05, 0.1) is 13.2 Å². The fraction of sp³-hybridized carbons (Fsp3) is 0.400. The summed E-state index contributed by atoms with van der Waals surface area (Å²) in [6, 6.07) is 12.7. The Kier molecular flexibility index (Phi) is 5.42. The van der Waals surface area contributed by atoms with Crippen molar-refractivity contribution in [3.05, 3.63) is 53.8 Å². The second-order valence-corrected chi connectivity index (χ2v) is 6.96. The van der Waals surface area contributed by atoms with Crippen LogP contribution in [0.25, 0.3) is 11.1 Å². The number of ether oxygens (including phenoxy) is 2. The molecule has 1 atom stereocenters. The Balaban J connectivity index is 2.40. The van der Waals surface area contributed by atoms with Gasteiger partial charge >= 0.3 is 0 Å². The first kappa shape index (κ1) is 17.5. The highest BCUT2D eigenvalue weighted by Crippen LogP contribution is 2.34. The Bertz CT molecular complexity index is 659. The number of hydrogen-bond donors (Lipinski definition) is 0. The molecule has 0 aliphatic rings. The molecule has 0 saturated carbocycles. The number of hydrogen-bond acceptors (Lipinski definition) is 2. The van der Waals surface area contributed by atoms with Crippen LogP contribution in [0, 0.1) is 11.2 Å². The molecule has 0 amide bonds. The van der Waals surface area contributed by atoms with Gasteiger partial charge in [0.1, 0.15) is 11.6 Å². The maximum atomic E-state index is 14.2. The topological polar surface area (TPSA) is 18.5 Å². The van der Waals surface area contributed by atoms with Gasteiger partial charge < -0.3 is 9.47 Å². The van der Waals surface area contributed by atoms with E-state index in [4.69, 9.17) is 9.47 Å². The van der Waals surface area contributed by atoms with E-state index in [9.17, 15) is 4.39 Å². The second kappa shape index (κ2) is 7.14. The van der Waals surface area contributed by atoms with Gasteiger partial charge in [-0.05, 0) is 47.2 Å². The van der Waals surface area contributed by atoms with E-state index in [0.29, 0.717) is 11.3 Å². The van der Waals surface area contributed by atoms with Gasteiger partial charge in [0.25, 0.3) is 0 Å². The molecule has 0 saturated heterocycles. The van der Waals surface area contributed by atoms with E-state index in [2.05, 4.69) is 20.8 Å². The molecule has 0 fully saturated rings. The average Bonchev–Trinajstić information content (AvgIpc) is 2.52. The third-order valence-corrected chi connectivity index (χ3v) is 3.83. The summed E-state index contributed by atoms with van der Waals surface area (Å²) in [6.45, 7) is 6.56. The number of benzene rings is 2. The van der Waals surface area contributed by atoms with Crippen LogP contribution >= 0.6 is 0 Å². The van der Waals surface area contributed by atoms with E-state index in [0.717, 1.165) is 17.5 Å². The monoisotopic (exact) mass is 316 g/mol. The summed E-state index contributed by atoms with van der Waals surface area (Å²) in [5, 5.41) is 0. The summed E-state index contributed by atoms with van der Waals surface area (Å²) in [5.41, 5.74) is 2.58. The minimum absolute atomic E-state index is 0.0105. The maximum Gasteiger partial charge on any atom is 0.131 e. The van der Waals surface area contributed by atoms with Crippen LogP contribution in [0.3, 0.4) is 0 Å². The Morgan fingerprint density at radius 2 is 1.78 bits per heavy atom. The summed E-state index contributed by atoms with van der Waals surface area (Å²) >= 11 is 0. The average molecular weight is 316 g/mol. The van der Waals surface area contributed by atoms with Gasteiger partial charge in [0.15, 0.2) is 0 Å². The van der Waals surface area contributed by atoms with Crippen molar-refractivity contribution in [2.45, 2.75) is 33.3 Å². The van der Waals surface area contributed by atoms with Gasteiger partial charge in [-0.25, -0.2) is 4.39 Å². The van der Waals surface area contributed by atoms with Crippen molar-refractivity contribution in [3.8, 4) is 16.9 Å². The zero-order chi connectivity index (χ0) is 17.0. The normalized spacial score (nSPS) is 13.0. The van der Waals surface area contributed by atoms with Crippen LogP contribution < -0.4 is 4.74 Å². The molecule has 2 rings (SSSR count). The van der Waals surface area contributed by atoms with Gasteiger partial charge in [-0.1, -0.05) is 39.0 Å². The molecule has 0 aromatic heterocycles. The fourth-order valence-electron chi connectivity index (χ4n) is 2.65. The van der Waals surface area contributed by atoms with Crippen molar-refractivity contribution in [2.75, 3.05) is 14.2 Å². The Morgan fingerprint density at radius 3 is 2.39 bits per heavy atom. The van der Waals surface area contributed by atoms with Crippen molar-refractivity contribution in [1.29, 1.82) is 0 Å². The molecule has 23 heavy (non-hydrogen) atoms. The molecule has 124 valence electrons. The van der Waals surface area contributed by atoms with Crippen LogP contribution in [-0.2, 0) is 4.74 Å². The summed E-state index contributed by atoms with van der Waals surface area (Å²) in [4.78, 5) is 0. The Hall–Kier alpha value is -1.87. The highest BCUT2D eigenvalue weighted by molar-refractivity contribution is 5.66. The molecule has 0 spiro atoms. The third kappa shape index (κ3) is 4.55. The first-order valence-electron chi connectivity index (χ1n) is 7.81. The van der Waals surface area contributed by atoms with E-state index in [1.807, 2.05) is 24.3 Å². The molecule has 0 heterocycles. The van der Waals surface area contributed by atoms with Crippen molar-refractivity contribution < 1.29 is 13.9 Å². The van der Waals surface area contributed by atoms with Gasteiger partial charge in [-0.15, -0.1) is 0 Å². The molecule has 2 aromatic carbocycles.